The maximum Gasteiger partial charge on any atom is 0.156 e. The van der Waals surface area contributed by atoms with Gasteiger partial charge in [0.1, 0.15) is 0 Å². The maximum atomic E-state index is 6.24. The SMILES string of the molecule is CC(C)(C)C1CCc2nc3c(Cl)cc(Cl)cn3c2C1. The van der Waals surface area contributed by atoms with Gasteiger partial charge in [-0.3, -0.25) is 0 Å². The molecule has 0 saturated carbocycles. The van der Waals surface area contributed by atoms with Gasteiger partial charge in [-0.05, 0) is 36.7 Å². The number of pyridine rings is 1. The second-order valence-corrected chi connectivity index (χ2v) is 7.35. The largest absolute Gasteiger partial charge is 0.301 e. The van der Waals surface area contributed by atoms with Gasteiger partial charge in [-0.15, -0.1) is 0 Å². The standard InChI is InChI=1S/C15H18Cl2N2/c1-15(2,3)9-4-5-12-13(6-9)19-8-10(16)7-11(17)14(19)18-12/h7-9H,4-6H2,1-3H3. The van der Waals surface area contributed by atoms with Crippen molar-refractivity contribution in [3.8, 4) is 0 Å². The predicted molar refractivity (Wildman–Crippen MR) is 80.2 cm³/mol. The lowest BCUT2D eigenvalue weighted by Crippen LogP contribution is -2.27. The number of fused-ring (bicyclic) bond motifs is 3. The number of nitrogens with zero attached hydrogens (tertiary/aromatic N) is 2. The molecule has 0 saturated heterocycles. The Balaban J connectivity index is 2.13. The van der Waals surface area contributed by atoms with Gasteiger partial charge in [0.05, 0.1) is 15.7 Å². The van der Waals surface area contributed by atoms with Gasteiger partial charge in [0.15, 0.2) is 5.65 Å². The molecule has 0 radical (unpaired) electrons. The Bertz CT molecular complexity index is 638. The van der Waals surface area contributed by atoms with Gasteiger partial charge in [-0.2, -0.15) is 0 Å². The average molecular weight is 297 g/mol. The zero-order chi connectivity index (χ0) is 13.8. The van der Waals surface area contributed by atoms with Crippen LogP contribution in [0, 0.1) is 11.3 Å². The summed E-state index contributed by atoms with van der Waals surface area (Å²) in [5.41, 5.74) is 3.63. The molecule has 0 fully saturated rings. The van der Waals surface area contributed by atoms with Crippen molar-refractivity contribution in [2.75, 3.05) is 0 Å². The number of hydrogen-bond donors (Lipinski definition) is 0. The Morgan fingerprint density at radius 1 is 1.32 bits per heavy atom. The molecule has 2 aromatic heterocycles. The molecule has 1 aliphatic carbocycles. The minimum atomic E-state index is 0.324. The molecule has 0 aromatic carbocycles. The van der Waals surface area contributed by atoms with Crippen molar-refractivity contribution in [3.05, 3.63) is 33.7 Å². The van der Waals surface area contributed by atoms with Crippen LogP contribution in [0.3, 0.4) is 0 Å². The van der Waals surface area contributed by atoms with Crippen LogP contribution in [-0.4, -0.2) is 9.38 Å². The van der Waals surface area contributed by atoms with Crippen LogP contribution in [0.15, 0.2) is 12.3 Å². The molecule has 2 aromatic rings. The fraction of sp³-hybridized carbons (Fsp3) is 0.533. The first-order valence-electron chi connectivity index (χ1n) is 6.71. The smallest absolute Gasteiger partial charge is 0.156 e. The molecule has 0 spiro atoms. The first-order chi connectivity index (χ1) is 8.86. The minimum absolute atomic E-state index is 0.324. The lowest BCUT2D eigenvalue weighted by Gasteiger charge is -2.33. The van der Waals surface area contributed by atoms with Crippen molar-refractivity contribution in [3.63, 3.8) is 0 Å². The third-order valence-corrected chi connectivity index (χ3v) is 4.70. The Morgan fingerprint density at radius 2 is 2.05 bits per heavy atom. The summed E-state index contributed by atoms with van der Waals surface area (Å²) in [5.74, 6) is 0.678. The van der Waals surface area contributed by atoms with Crippen molar-refractivity contribution in [1.29, 1.82) is 0 Å². The van der Waals surface area contributed by atoms with E-state index in [1.54, 1.807) is 6.07 Å². The van der Waals surface area contributed by atoms with E-state index in [1.165, 1.54) is 17.8 Å². The van der Waals surface area contributed by atoms with Gasteiger partial charge in [0, 0.05) is 11.9 Å². The molecule has 1 aliphatic rings. The van der Waals surface area contributed by atoms with E-state index in [-0.39, 0.29) is 0 Å². The monoisotopic (exact) mass is 296 g/mol. The van der Waals surface area contributed by atoms with Crippen molar-refractivity contribution >= 4 is 28.8 Å². The van der Waals surface area contributed by atoms with Gasteiger partial charge < -0.3 is 4.40 Å². The fourth-order valence-corrected chi connectivity index (χ4v) is 3.48. The van der Waals surface area contributed by atoms with Gasteiger partial charge in [0.2, 0.25) is 0 Å². The molecule has 102 valence electrons. The highest BCUT2D eigenvalue weighted by Crippen LogP contribution is 2.38. The van der Waals surface area contributed by atoms with E-state index in [0.29, 0.717) is 21.4 Å². The molecule has 0 amide bonds. The zero-order valence-corrected chi connectivity index (χ0v) is 13.0. The topological polar surface area (TPSA) is 17.3 Å². The zero-order valence-electron chi connectivity index (χ0n) is 11.5. The highest BCUT2D eigenvalue weighted by molar-refractivity contribution is 6.36. The number of halogens is 2. The molecule has 3 rings (SSSR count). The van der Waals surface area contributed by atoms with Crippen LogP contribution < -0.4 is 0 Å². The van der Waals surface area contributed by atoms with Gasteiger partial charge >= 0.3 is 0 Å². The molecule has 0 N–H and O–H groups in total. The van der Waals surface area contributed by atoms with Crippen molar-refractivity contribution in [2.24, 2.45) is 11.3 Å². The van der Waals surface area contributed by atoms with Crippen LogP contribution in [0.1, 0.15) is 38.6 Å². The highest BCUT2D eigenvalue weighted by atomic mass is 35.5. The first kappa shape index (κ1) is 13.3. The van der Waals surface area contributed by atoms with Crippen LogP contribution in [-0.2, 0) is 12.8 Å². The second-order valence-electron chi connectivity index (χ2n) is 6.51. The summed E-state index contributed by atoms with van der Waals surface area (Å²) < 4.78 is 2.08. The van der Waals surface area contributed by atoms with E-state index in [4.69, 9.17) is 23.2 Å². The van der Waals surface area contributed by atoms with E-state index in [0.717, 1.165) is 18.5 Å². The van der Waals surface area contributed by atoms with Crippen molar-refractivity contribution in [1.82, 2.24) is 9.38 Å². The maximum absolute atomic E-state index is 6.24. The Kier molecular flexibility index (Phi) is 3.06. The fourth-order valence-electron chi connectivity index (χ4n) is 2.97. The second kappa shape index (κ2) is 4.39. The van der Waals surface area contributed by atoms with Crippen LogP contribution in [0.4, 0.5) is 0 Å². The number of aryl methyl sites for hydroxylation is 1. The van der Waals surface area contributed by atoms with Crippen LogP contribution in [0.5, 0.6) is 0 Å². The molecular formula is C15H18Cl2N2. The van der Waals surface area contributed by atoms with E-state index < -0.39 is 0 Å². The minimum Gasteiger partial charge on any atom is -0.301 e. The van der Waals surface area contributed by atoms with Gasteiger partial charge in [-0.25, -0.2) is 4.98 Å². The van der Waals surface area contributed by atoms with Crippen LogP contribution >= 0.6 is 23.2 Å². The average Bonchev–Trinajstić information content (AvgIpc) is 2.66. The molecule has 1 atom stereocenters. The lowest BCUT2D eigenvalue weighted by molar-refractivity contribution is 0.213. The summed E-state index contributed by atoms with van der Waals surface area (Å²) >= 11 is 12.4. The lowest BCUT2D eigenvalue weighted by atomic mass is 9.73. The van der Waals surface area contributed by atoms with Gasteiger partial charge in [-0.1, -0.05) is 44.0 Å². The molecule has 1 unspecified atom stereocenters. The number of aromatic nitrogens is 2. The number of imidazole rings is 1. The molecule has 0 aliphatic heterocycles. The molecule has 4 heteroatoms. The summed E-state index contributed by atoms with van der Waals surface area (Å²) in [6.45, 7) is 6.93. The van der Waals surface area contributed by atoms with Crippen LogP contribution in [0.25, 0.3) is 5.65 Å². The highest BCUT2D eigenvalue weighted by Gasteiger charge is 2.31. The van der Waals surface area contributed by atoms with E-state index >= 15 is 0 Å². The first-order valence-corrected chi connectivity index (χ1v) is 7.46. The summed E-state index contributed by atoms with van der Waals surface area (Å²) in [5, 5.41) is 1.30. The third kappa shape index (κ3) is 2.25. The molecule has 19 heavy (non-hydrogen) atoms. The number of rotatable bonds is 0. The Labute approximate surface area is 123 Å². The van der Waals surface area contributed by atoms with Gasteiger partial charge in [0.25, 0.3) is 0 Å². The summed E-state index contributed by atoms with van der Waals surface area (Å²) in [6.07, 6.45) is 5.22. The number of hydrogen-bond acceptors (Lipinski definition) is 1. The normalized spacial score (nSPS) is 19.7. The molecule has 2 heterocycles. The Hall–Kier alpha value is -0.730. The van der Waals surface area contributed by atoms with E-state index in [1.807, 2.05) is 6.20 Å². The predicted octanol–water partition coefficient (Wildman–Crippen LogP) is 4.79. The van der Waals surface area contributed by atoms with Crippen molar-refractivity contribution in [2.45, 2.75) is 40.0 Å². The third-order valence-electron chi connectivity index (χ3n) is 4.22. The summed E-state index contributed by atoms with van der Waals surface area (Å²) in [6, 6.07) is 1.76. The van der Waals surface area contributed by atoms with Crippen molar-refractivity contribution < 1.29 is 0 Å². The molecular weight excluding hydrogens is 279 g/mol. The van der Waals surface area contributed by atoms with E-state index in [2.05, 4.69) is 30.2 Å². The van der Waals surface area contributed by atoms with Crippen LogP contribution in [0.2, 0.25) is 10.0 Å². The molecule has 0 bridgehead atoms. The Morgan fingerprint density at radius 3 is 2.74 bits per heavy atom. The van der Waals surface area contributed by atoms with E-state index in [9.17, 15) is 0 Å². The summed E-state index contributed by atoms with van der Waals surface area (Å²) in [4.78, 5) is 4.68. The summed E-state index contributed by atoms with van der Waals surface area (Å²) in [7, 11) is 0. The molecule has 2 nitrogen and oxygen atoms in total. The quantitative estimate of drug-likeness (QED) is 0.683.